The zero-order chi connectivity index (χ0) is 18.1. The molecule has 2 rings (SSSR count). The molecule has 3 N–H and O–H groups in total. The van der Waals surface area contributed by atoms with Gasteiger partial charge in [0.15, 0.2) is 5.96 Å². The van der Waals surface area contributed by atoms with Crippen LogP contribution in [0.25, 0.3) is 0 Å². The van der Waals surface area contributed by atoms with Crippen molar-refractivity contribution in [3.8, 4) is 0 Å². The van der Waals surface area contributed by atoms with Gasteiger partial charge in [-0.2, -0.15) is 0 Å². The maximum atomic E-state index is 13.1. The fraction of sp³-hybridized carbons (Fsp3) is 0.222. The van der Waals surface area contributed by atoms with E-state index < -0.39 is 5.82 Å². The molecular formula is C18H21ClFIN4O. The zero-order valence-corrected chi connectivity index (χ0v) is 17.3. The van der Waals surface area contributed by atoms with E-state index in [0.717, 1.165) is 5.56 Å². The van der Waals surface area contributed by atoms with Crippen LogP contribution in [0, 0.1) is 5.82 Å². The second kappa shape index (κ2) is 11.7. The summed E-state index contributed by atoms with van der Waals surface area (Å²) in [5, 5.41) is 9.27. The molecule has 0 aromatic heterocycles. The van der Waals surface area contributed by atoms with Crippen molar-refractivity contribution in [2.75, 3.05) is 18.4 Å². The normalized spacial score (nSPS) is 10.7. The minimum Gasteiger partial charge on any atom is -0.357 e. The Labute approximate surface area is 174 Å². The largest absolute Gasteiger partial charge is 0.357 e. The molecule has 8 heteroatoms. The first kappa shape index (κ1) is 22.2. The smallest absolute Gasteiger partial charge is 0.243 e. The van der Waals surface area contributed by atoms with Crippen molar-refractivity contribution in [1.82, 2.24) is 10.6 Å². The molecule has 0 aliphatic carbocycles. The summed E-state index contributed by atoms with van der Waals surface area (Å²) in [5.41, 5.74) is 1.38. The third kappa shape index (κ3) is 8.01. The Hall–Kier alpha value is -1.87. The van der Waals surface area contributed by atoms with Crippen LogP contribution >= 0.6 is 35.6 Å². The summed E-state index contributed by atoms with van der Waals surface area (Å²) in [6, 6.07) is 13.2. The molecule has 0 fully saturated rings. The van der Waals surface area contributed by atoms with Crippen LogP contribution in [0.3, 0.4) is 0 Å². The molecule has 0 bridgehead atoms. The predicted octanol–water partition coefficient (Wildman–Crippen LogP) is 3.79. The highest BCUT2D eigenvalue weighted by Crippen LogP contribution is 2.11. The average Bonchev–Trinajstić information content (AvgIpc) is 2.57. The minimum atomic E-state index is -0.401. The third-order valence-corrected chi connectivity index (χ3v) is 3.41. The molecule has 0 aliphatic rings. The number of nitrogens with one attached hydrogen (secondary N) is 3. The third-order valence-electron chi connectivity index (χ3n) is 3.18. The lowest BCUT2D eigenvalue weighted by atomic mass is 10.2. The van der Waals surface area contributed by atoms with Crippen molar-refractivity contribution in [2.45, 2.75) is 13.5 Å². The quantitative estimate of drug-likeness (QED) is 0.328. The van der Waals surface area contributed by atoms with Crippen molar-refractivity contribution in [2.24, 2.45) is 4.99 Å². The summed E-state index contributed by atoms with van der Waals surface area (Å²) < 4.78 is 13.1. The van der Waals surface area contributed by atoms with E-state index in [1.165, 1.54) is 18.2 Å². The molecule has 5 nitrogen and oxygen atoms in total. The van der Waals surface area contributed by atoms with Gasteiger partial charge in [0.1, 0.15) is 5.82 Å². The standard InChI is InChI=1S/C18H20ClFN4O.HI/c1-2-21-18(22-11-13-5-3-6-14(19)9-13)23-12-17(25)24-16-8-4-7-15(20)10-16;/h3-10H,2,11-12H2,1H3,(H,24,25)(H2,21,22,23);1H. The monoisotopic (exact) mass is 490 g/mol. The molecule has 0 heterocycles. The number of hydrogen-bond donors (Lipinski definition) is 3. The van der Waals surface area contributed by atoms with E-state index in [9.17, 15) is 9.18 Å². The number of aliphatic imine (C=N–C) groups is 1. The highest BCUT2D eigenvalue weighted by atomic mass is 127. The second-order valence-corrected chi connectivity index (χ2v) is 5.67. The highest BCUT2D eigenvalue weighted by Gasteiger charge is 2.05. The molecule has 2 aromatic carbocycles. The SMILES string of the molecule is CCNC(=NCc1cccc(Cl)c1)NCC(=O)Nc1cccc(F)c1.I. The van der Waals surface area contributed by atoms with Crippen molar-refractivity contribution < 1.29 is 9.18 Å². The summed E-state index contributed by atoms with van der Waals surface area (Å²) in [4.78, 5) is 16.4. The average molecular weight is 491 g/mol. The summed E-state index contributed by atoms with van der Waals surface area (Å²) in [7, 11) is 0. The molecule has 140 valence electrons. The van der Waals surface area contributed by atoms with Crippen LogP contribution in [0.1, 0.15) is 12.5 Å². The Kier molecular flexibility index (Phi) is 9.97. The van der Waals surface area contributed by atoms with Crippen LogP contribution in [-0.2, 0) is 11.3 Å². The number of anilines is 1. The molecular weight excluding hydrogens is 470 g/mol. The zero-order valence-electron chi connectivity index (χ0n) is 14.3. The lowest BCUT2D eigenvalue weighted by molar-refractivity contribution is -0.115. The topological polar surface area (TPSA) is 65.5 Å². The fourth-order valence-electron chi connectivity index (χ4n) is 2.08. The van der Waals surface area contributed by atoms with Gasteiger partial charge < -0.3 is 16.0 Å². The molecule has 0 radical (unpaired) electrons. The Bertz CT molecular complexity index is 757. The molecule has 0 spiro atoms. The van der Waals surface area contributed by atoms with Gasteiger partial charge in [-0.1, -0.05) is 29.8 Å². The molecule has 26 heavy (non-hydrogen) atoms. The summed E-state index contributed by atoms with van der Waals surface area (Å²) in [5.74, 6) is -0.182. The van der Waals surface area contributed by atoms with Crippen LogP contribution in [-0.4, -0.2) is 25.0 Å². The number of hydrogen-bond acceptors (Lipinski definition) is 2. The number of amides is 1. The van der Waals surface area contributed by atoms with Gasteiger partial charge in [0.2, 0.25) is 5.91 Å². The molecule has 1 amide bonds. The van der Waals surface area contributed by atoms with Crippen LogP contribution in [0.2, 0.25) is 5.02 Å². The van der Waals surface area contributed by atoms with E-state index in [4.69, 9.17) is 11.6 Å². The molecule has 0 atom stereocenters. The number of rotatable bonds is 6. The van der Waals surface area contributed by atoms with Crippen LogP contribution in [0.15, 0.2) is 53.5 Å². The van der Waals surface area contributed by atoms with Gasteiger partial charge in [0, 0.05) is 17.3 Å². The first-order valence-corrected chi connectivity index (χ1v) is 8.26. The molecule has 2 aromatic rings. The van der Waals surface area contributed by atoms with Crippen molar-refractivity contribution >= 4 is 53.1 Å². The van der Waals surface area contributed by atoms with E-state index in [2.05, 4.69) is 20.9 Å². The molecule has 0 aliphatic heterocycles. The van der Waals surface area contributed by atoms with Crippen LogP contribution in [0.5, 0.6) is 0 Å². The van der Waals surface area contributed by atoms with Gasteiger partial charge in [0.25, 0.3) is 0 Å². The van der Waals surface area contributed by atoms with Gasteiger partial charge >= 0.3 is 0 Å². The summed E-state index contributed by atoms with van der Waals surface area (Å²) in [6.45, 7) is 3.04. The lowest BCUT2D eigenvalue weighted by Crippen LogP contribution is -2.41. The number of benzene rings is 2. The number of carbonyl (C=O) groups is 1. The number of guanidine groups is 1. The summed E-state index contributed by atoms with van der Waals surface area (Å²) >= 11 is 5.95. The first-order valence-electron chi connectivity index (χ1n) is 7.89. The van der Waals surface area contributed by atoms with Gasteiger partial charge in [0.05, 0.1) is 13.1 Å². The predicted molar refractivity (Wildman–Crippen MR) is 115 cm³/mol. The summed E-state index contributed by atoms with van der Waals surface area (Å²) in [6.07, 6.45) is 0. The fourth-order valence-corrected chi connectivity index (χ4v) is 2.30. The van der Waals surface area contributed by atoms with E-state index in [0.29, 0.717) is 29.8 Å². The second-order valence-electron chi connectivity index (χ2n) is 5.24. The maximum absolute atomic E-state index is 13.1. The molecule has 0 unspecified atom stereocenters. The van der Waals surface area contributed by atoms with E-state index in [1.54, 1.807) is 12.1 Å². The van der Waals surface area contributed by atoms with E-state index in [1.807, 2.05) is 25.1 Å². The first-order chi connectivity index (χ1) is 12.1. The Balaban J connectivity index is 0.00000338. The lowest BCUT2D eigenvalue weighted by Gasteiger charge is -2.11. The van der Waals surface area contributed by atoms with Crippen LogP contribution in [0.4, 0.5) is 10.1 Å². The van der Waals surface area contributed by atoms with Crippen molar-refractivity contribution in [3.63, 3.8) is 0 Å². The number of halogens is 3. The van der Waals surface area contributed by atoms with E-state index in [-0.39, 0.29) is 36.4 Å². The van der Waals surface area contributed by atoms with Crippen molar-refractivity contribution in [1.29, 1.82) is 0 Å². The van der Waals surface area contributed by atoms with Gasteiger partial charge in [-0.05, 0) is 42.8 Å². The maximum Gasteiger partial charge on any atom is 0.243 e. The Morgan fingerprint density at radius 1 is 1.15 bits per heavy atom. The molecule has 0 saturated carbocycles. The van der Waals surface area contributed by atoms with Gasteiger partial charge in [-0.3, -0.25) is 4.79 Å². The van der Waals surface area contributed by atoms with Gasteiger partial charge in [-0.15, -0.1) is 24.0 Å². The van der Waals surface area contributed by atoms with E-state index >= 15 is 0 Å². The highest BCUT2D eigenvalue weighted by molar-refractivity contribution is 14.0. The number of nitrogens with zero attached hydrogens (tertiary/aromatic N) is 1. The molecule has 0 saturated heterocycles. The Morgan fingerprint density at radius 3 is 2.62 bits per heavy atom. The number of carbonyl (C=O) groups excluding carboxylic acids is 1. The van der Waals surface area contributed by atoms with Gasteiger partial charge in [-0.25, -0.2) is 9.38 Å². The van der Waals surface area contributed by atoms with Crippen LogP contribution < -0.4 is 16.0 Å². The minimum absolute atomic E-state index is 0. The Morgan fingerprint density at radius 2 is 1.92 bits per heavy atom. The van der Waals surface area contributed by atoms with Crippen molar-refractivity contribution in [3.05, 3.63) is 64.9 Å².